The molecule has 0 spiro atoms. The van der Waals surface area contributed by atoms with Crippen molar-refractivity contribution in [2.24, 2.45) is 5.10 Å². The number of aryl methyl sites for hydroxylation is 1. The van der Waals surface area contributed by atoms with Gasteiger partial charge < -0.3 is 9.73 Å². The molecule has 1 aliphatic rings. The van der Waals surface area contributed by atoms with Crippen LogP contribution in [0, 0.1) is 17.0 Å². The Morgan fingerprint density at radius 1 is 1.06 bits per heavy atom. The molecule has 0 atom stereocenters. The molecule has 1 heterocycles. The smallest absolute Gasteiger partial charge is 0.287 e. The lowest BCUT2D eigenvalue weighted by Crippen LogP contribution is -2.26. The quantitative estimate of drug-likeness (QED) is 0.379. The van der Waals surface area contributed by atoms with E-state index in [0.29, 0.717) is 42.0 Å². The van der Waals surface area contributed by atoms with Crippen LogP contribution in [0.2, 0.25) is 0 Å². The van der Waals surface area contributed by atoms with Gasteiger partial charge in [0, 0.05) is 36.2 Å². The molecule has 1 aliphatic carbocycles. The highest BCUT2D eigenvalue weighted by atomic mass is 16.6. The van der Waals surface area contributed by atoms with E-state index in [-0.39, 0.29) is 29.7 Å². The number of nitrogens with one attached hydrogen (secondary N) is 2. The molecule has 0 saturated heterocycles. The Kier molecular flexibility index (Phi) is 7.35. The Labute approximate surface area is 202 Å². The Balaban J connectivity index is 1.40. The molecule has 0 saturated carbocycles. The summed E-state index contributed by atoms with van der Waals surface area (Å²) in [6.45, 7) is 2.32. The largest absolute Gasteiger partial charge is 0.455 e. The van der Waals surface area contributed by atoms with E-state index in [0.717, 1.165) is 24.0 Å². The van der Waals surface area contributed by atoms with Gasteiger partial charge in [0.2, 0.25) is 5.91 Å². The van der Waals surface area contributed by atoms with Gasteiger partial charge >= 0.3 is 0 Å². The maximum absolute atomic E-state index is 12.8. The molecule has 3 aromatic rings. The zero-order chi connectivity index (χ0) is 24.8. The Morgan fingerprint density at radius 3 is 2.51 bits per heavy atom. The maximum Gasteiger partial charge on any atom is 0.287 e. The van der Waals surface area contributed by atoms with E-state index in [4.69, 9.17) is 4.42 Å². The molecule has 35 heavy (non-hydrogen) atoms. The van der Waals surface area contributed by atoms with Crippen LogP contribution < -0.4 is 10.7 Å². The molecule has 9 heteroatoms. The summed E-state index contributed by atoms with van der Waals surface area (Å²) in [5, 5.41) is 18.0. The van der Waals surface area contributed by atoms with Gasteiger partial charge in [-0.2, -0.15) is 5.10 Å². The summed E-state index contributed by atoms with van der Waals surface area (Å²) < 4.78 is 5.90. The summed E-state index contributed by atoms with van der Waals surface area (Å²) in [6.07, 6.45) is 2.91. The number of amides is 2. The van der Waals surface area contributed by atoms with E-state index in [1.54, 1.807) is 12.1 Å². The summed E-state index contributed by atoms with van der Waals surface area (Å²) in [4.78, 5) is 35.4. The van der Waals surface area contributed by atoms with Gasteiger partial charge in [0.15, 0.2) is 5.76 Å². The predicted molar refractivity (Wildman–Crippen MR) is 130 cm³/mol. The van der Waals surface area contributed by atoms with Gasteiger partial charge in [0.05, 0.1) is 17.1 Å². The highest BCUT2D eigenvalue weighted by molar-refractivity contribution is 6.06. The normalized spacial score (nSPS) is 13.8. The SMILES string of the molecule is Cc1c(C(=O)NCCc2ccccc2)oc2c1/C(=N/NC(=O)Cc1ccc([N+](=O)[O-])cc1)CCC2. The van der Waals surface area contributed by atoms with Crippen LogP contribution in [0.1, 0.15) is 51.4 Å². The number of fused-ring (bicyclic) bond motifs is 1. The van der Waals surface area contributed by atoms with E-state index in [1.807, 2.05) is 37.3 Å². The molecule has 0 unspecified atom stereocenters. The summed E-state index contributed by atoms with van der Waals surface area (Å²) in [7, 11) is 0. The summed E-state index contributed by atoms with van der Waals surface area (Å²) in [5.41, 5.74) is 6.49. The molecule has 0 aliphatic heterocycles. The third kappa shape index (κ3) is 5.81. The van der Waals surface area contributed by atoms with Crippen LogP contribution in [0.25, 0.3) is 0 Å². The van der Waals surface area contributed by atoms with Gasteiger partial charge in [-0.1, -0.05) is 42.5 Å². The number of hydrogen-bond donors (Lipinski definition) is 2. The molecule has 0 bridgehead atoms. The van der Waals surface area contributed by atoms with E-state index in [2.05, 4.69) is 15.8 Å². The Hall–Kier alpha value is -4.27. The second kappa shape index (κ2) is 10.8. The van der Waals surface area contributed by atoms with Crippen LogP contribution in [0.4, 0.5) is 5.69 Å². The Bertz CT molecular complexity index is 1260. The predicted octanol–water partition coefficient (Wildman–Crippen LogP) is 3.87. The standard InChI is InChI=1S/C26H26N4O5/c1-17-24-21(28-29-23(31)16-19-10-12-20(13-11-19)30(33)34)8-5-9-22(24)35-25(17)26(32)27-15-14-18-6-3-2-4-7-18/h2-4,6-7,10-13H,5,8-9,14-16H2,1H3,(H,27,32)(H,29,31)/b28-21+. The fraction of sp³-hybridized carbons (Fsp3) is 0.269. The minimum Gasteiger partial charge on any atom is -0.455 e. The number of nitro groups is 1. The maximum atomic E-state index is 12.8. The lowest BCUT2D eigenvalue weighted by molar-refractivity contribution is -0.384. The number of hydrazone groups is 1. The number of rotatable bonds is 8. The van der Waals surface area contributed by atoms with Crippen molar-refractivity contribution in [3.63, 3.8) is 0 Å². The number of furan rings is 1. The highest BCUT2D eigenvalue weighted by Crippen LogP contribution is 2.29. The third-order valence-corrected chi connectivity index (χ3v) is 5.90. The molecule has 0 radical (unpaired) electrons. The van der Waals surface area contributed by atoms with Crippen LogP contribution >= 0.6 is 0 Å². The van der Waals surface area contributed by atoms with Crippen molar-refractivity contribution in [3.05, 3.63) is 98.5 Å². The molecule has 2 N–H and O–H groups in total. The second-order valence-electron chi connectivity index (χ2n) is 8.39. The zero-order valence-corrected chi connectivity index (χ0v) is 19.4. The number of nitro benzene ring substituents is 1. The molecule has 0 fully saturated rings. The van der Waals surface area contributed by atoms with Crippen molar-refractivity contribution in [1.29, 1.82) is 0 Å². The summed E-state index contributed by atoms with van der Waals surface area (Å²) in [5.74, 6) is 0.369. The number of carbonyl (C=O) groups is 2. The van der Waals surface area contributed by atoms with E-state index in [1.165, 1.54) is 12.1 Å². The first kappa shape index (κ1) is 23.9. The first-order valence-corrected chi connectivity index (χ1v) is 11.5. The van der Waals surface area contributed by atoms with Crippen LogP contribution in [0.5, 0.6) is 0 Å². The lowest BCUT2D eigenvalue weighted by atomic mass is 9.93. The molecular weight excluding hydrogens is 448 g/mol. The minimum atomic E-state index is -0.485. The lowest BCUT2D eigenvalue weighted by Gasteiger charge is -2.13. The average Bonchev–Trinajstić information content (AvgIpc) is 3.21. The first-order chi connectivity index (χ1) is 16.9. The third-order valence-electron chi connectivity index (χ3n) is 5.90. The monoisotopic (exact) mass is 474 g/mol. The molecule has 180 valence electrons. The topological polar surface area (TPSA) is 127 Å². The number of carbonyl (C=O) groups excluding carboxylic acids is 2. The molecule has 4 rings (SSSR count). The van der Waals surface area contributed by atoms with Crippen molar-refractivity contribution in [2.75, 3.05) is 6.54 Å². The fourth-order valence-electron chi connectivity index (χ4n) is 4.13. The highest BCUT2D eigenvalue weighted by Gasteiger charge is 2.28. The number of benzene rings is 2. The van der Waals surface area contributed by atoms with Crippen LogP contribution in [-0.4, -0.2) is 29.0 Å². The zero-order valence-electron chi connectivity index (χ0n) is 19.4. The number of nitrogens with zero attached hydrogens (tertiary/aromatic N) is 2. The van der Waals surface area contributed by atoms with Crippen LogP contribution in [0.15, 0.2) is 64.1 Å². The summed E-state index contributed by atoms with van der Waals surface area (Å²) >= 11 is 0. The van der Waals surface area contributed by atoms with Crippen molar-refractivity contribution < 1.29 is 18.9 Å². The van der Waals surface area contributed by atoms with E-state index in [9.17, 15) is 19.7 Å². The van der Waals surface area contributed by atoms with E-state index < -0.39 is 4.92 Å². The van der Waals surface area contributed by atoms with Crippen LogP contribution in [-0.2, 0) is 24.1 Å². The molecule has 2 aromatic carbocycles. The molecule has 1 aromatic heterocycles. The first-order valence-electron chi connectivity index (χ1n) is 11.5. The molecule has 2 amide bonds. The molecule has 9 nitrogen and oxygen atoms in total. The summed E-state index contributed by atoms with van der Waals surface area (Å²) in [6, 6.07) is 15.7. The van der Waals surface area contributed by atoms with Gasteiger partial charge in [-0.25, -0.2) is 5.43 Å². The van der Waals surface area contributed by atoms with Crippen molar-refractivity contribution >= 4 is 23.2 Å². The van der Waals surface area contributed by atoms with Gasteiger partial charge in [0.1, 0.15) is 5.76 Å². The Morgan fingerprint density at radius 2 is 1.80 bits per heavy atom. The van der Waals surface area contributed by atoms with Gasteiger partial charge in [0.25, 0.3) is 11.6 Å². The van der Waals surface area contributed by atoms with Crippen LogP contribution in [0.3, 0.4) is 0 Å². The minimum absolute atomic E-state index is 0.0283. The number of hydrogen-bond acceptors (Lipinski definition) is 6. The van der Waals surface area contributed by atoms with Crippen molar-refractivity contribution in [3.8, 4) is 0 Å². The van der Waals surface area contributed by atoms with Crippen molar-refractivity contribution in [1.82, 2.24) is 10.7 Å². The fourth-order valence-corrected chi connectivity index (χ4v) is 4.13. The molecular formula is C26H26N4O5. The van der Waals surface area contributed by atoms with Gasteiger partial charge in [-0.15, -0.1) is 0 Å². The van der Waals surface area contributed by atoms with Crippen molar-refractivity contribution in [2.45, 2.75) is 39.0 Å². The second-order valence-corrected chi connectivity index (χ2v) is 8.39. The van der Waals surface area contributed by atoms with Gasteiger partial charge in [-0.05, 0) is 37.3 Å². The average molecular weight is 475 g/mol. The van der Waals surface area contributed by atoms with Gasteiger partial charge in [-0.3, -0.25) is 19.7 Å². The number of non-ortho nitro benzene ring substituents is 1. The van der Waals surface area contributed by atoms with E-state index >= 15 is 0 Å².